The molecular formula is C13H21N3O2S. The molecule has 1 aliphatic rings. The molecule has 0 bridgehead atoms. The molecule has 0 aromatic carbocycles. The highest BCUT2D eigenvalue weighted by Gasteiger charge is 2.17. The number of nitrogens with zero attached hydrogens (tertiary/aromatic N) is 2. The molecule has 6 heteroatoms. The van der Waals surface area contributed by atoms with Gasteiger partial charge in [0, 0.05) is 37.0 Å². The van der Waals surface area contributed by atoms with Gasteiger partial charge in [-0.25, -0.2) is 4.98 Å². The highest BCUT2D eigenvalue weighted by atomic mass is 32.1. The Bertz CT molecular complexity index is 416. The summed E-state index contributed by atoms with van der Waals surface area (Å²) in [5, 5.41) is 3.39. The summed E-state index contributed by atoms with van der Waals surface area (Å²) in [6.45, 7) is 7.60. The number of ether oxygens (including phenoxy) is 1. The SMILES string of the molecule is Cc1ncsc1C(C)NCCC(=O)N1CCOCC1. The zero-order chi connectivity index (χ0) is 13.7. The summed E-state index contributed by atoms with van der Waals surface area (Å²) in [6, 6.07) is 0.255. The molecule has 0 spiro atoms. The first-order chi connectivity index (χ1) is 9.18. The molecule has 0 saturated carbocycles. The number of rotatable bonds is 5. The summed E-state index contributed by atoms with van der Waals surface area (Å²) in [4.78, 5) is 19.3. The van der Waals surface area contributed by atoms with E-state index in [1.165, 1.54) is 4.88 Å². The van der Waals surface area contributed by atoms with Crippen LogP contribution in [0.2, 0.25) is 0 Å². The van der Waals surface area contributed by atoms with Gasteiger partial charge in [-0.15, -0.1) is 11.3 Å². The lowest BCUT2D eigenvalue weighted by Crippen LogP contribution is -2.41. The predicted octanol–water partition coefficient (Wildman–Crippen LogP) is 1.35. The molecule has 0 aliphatic carbocycles. The molecule has 1 aliphatic heterocycles. The van der Waals surface area contributed by atoms with E-state index >= 15 is 0 Å². The molecule has 1 amide bonds. The standard InChI is InChI=1S/C13H21N3O2S/c1-10(13-11(2)15-9-19-13)14-4-3-12(17)16-5-7-18-8-6-16/h9-10,14H,3-8H2,1-2H3. The van der Waals surface area contributed by atoms with Crippen LogP contribution in [0.3, 0.4) is 0 Å². The number of carbonyl (C=O) groups excluding carboxylic acids is 1. The highest BCUT2D eigenvalue weighted by Crippen LogP contribution is 2.20. The lowest BCUT2D eigenvalue weighted by Gasteiger charge is -2.27. The Hall–Kier alpha value is -0.980. The van der Waals surface area contributed by atoms with Gasteiger partial charge >= 0.3 is 0 Å². The maximum Gasteiger partial charge on any atom is 0.224 e. The minimum atomic E-state index is 0.212. The van der Waals surface area contributed by atoms with E-state index in [0.717, 1.165) is 18.8 Å². The van der Waals surface area contributed by atoms with E-state index < -0.39 is 0 Å². The highest BCUT2D eigenvalue weighted by molar-refractivity contribution is 7.09. The summed E-state index contributed by atoms with van der Waals surface area (Å²) >= 11 is 1.66. The quantitative estimate of drug-likeness (QED) is 0.886. The Balaban J connectivity index is 1.71. The van der Waals surface area contributed by atoms with Gasteiger partial charge in [0.25, 0.3) is 0 Å². The second-order valence-corrected chi connectivity index (χ2v) is 5.61. The number of aromatic nitrogens is 1. The van der Waals surface area contributed by atoms with Gasteiger partial charge in [0.2, 0.25) is 5.91 Å². The minimum absolute atomic E-state index is 0.212. The molecule has 19 heavy (non-hydrogen) atoms. The first-order valence-electron chi connectivity index (χ1n) is 6.67. The topological polar surface area (TPSA) is 54.5 Å². The summed E-state index contributed by atoms with van der Waals surface area (Å²) in [5.74, 6) is 0.212. The van der Waals surface area contributed by atoms with Crippen LogP contribution in [0.1, 0.15) is 30.0 Å². The minimum Gasteiger partial charge on any atom is -0.378 e. The van der Waals surface area contributed by atoms with Gasteiger partial charge in [0.1, 0.15) is 0 Å². The summed E-state index contributed by atoms with van der Waals surface area (Å²) in [6.07, 6.45) is 0.544. The first-order valence-corrected chi connectivity index (χ1v) is 7.55. The van der Waals surface area contributed by atoms with Crippen LogP contribution >= 0.6 is 11.3 Å². The molecule has 1 fully saturated rings. The average molecular weight is 283 g/mol. The van der Waals surface area contributed by atoms with Crippen LogP contribution in [0.5, 0.6) is 0 Å². The average Bonchev–Trinajstić information content (AvgIpc) is 2.86. The molecule has 106 valence electrons. The van der Waals surface area contributed by atoms with E-state index in [4.69, 9.17) is 4.74 Å². The molecule has 5 nitrogen and oxygen atoms in total. The Morgan fingerprint density at radius 1 is 1.58 bits per heavy atom. The van der Waals surface area contributed by atoms with Crippen LogP contribution < -0.4 is 5.32 Å². The maximum atomic E-state index is 12.0. The smallest absolute Gasteiger partial charge is 0.224 e. The lowest BCUT2D eigenvalue weighted by atomic mass is 10.2. The zero-order valence-corrected chi connectivity index (χ0v) is 12.3. The van der Waals surface area contributed by atoms with E-state index in [-0.39, 0.29) is 11.9 Å². The van der Waals surface area contributed by atoms with Crippen LogP contribution in [0.25, 0.3) is 0 Å². The Morgan fingerprint density at radius 3 is 2.95 bits per heavy atom. The van der Waals surface area contributed by atoms with E-state index in [9.17, 15) is 4.79 Å². The number of amides is 1. The van der Waals surface area contributed by atoms with Crippen molar-refractivity contribution in [3.8, 4) is 0 Å². The monoisotopic (exact) mass is 283 g/mol. The Labute approximate surface area is 118 Å². The van der Waals surface area contributed by atoms with Crippen molar-refractivity contribution < 1.29 is 9.53 Å². The van der Waals surface area contributed by atoms with Crippen molar-refractivity contribution in [2.24, 2.45) is 0 Å². The molecule has 1 saturated heterocycles. The van der Waals surface area contributed by atoms with Crippen molar-refractivity contribution in [2.75, 3.05) is 32.8 Å². The Morgan fingerprint density at radius 2 is 2.32 bits per heavy atom. The van der Waals surface area contributed by atoms with E-state index in [1.807, 2.05) is 17.3 Å². The molecular weight excluding hydrogens is 262 g/mol. The summed E-state index contributed by atoms with van der Waals surface area (Å²) in [7, 11) is 0. The van der Waals surface area contributed by atoms with Gasteiger partial charge in [-0.3, -0.25) is 4.79 Å². The van der Waals surface area contributed by atoms with Crippen molar-refractivity contribution in [1.82, 2.24) is 15.2 Å². The number of nitrogens with one attached hydrogen (secondary N) is 1. The van der Waals surface area contributed by atoms with Crippen LogP contribution in [0, 0.1) is 6.92 Å². The van der Waals surface area contributed by atoms with E-state index in [0.29, 0.717) is 26.2 Å². The third-order valence-electron chi connectivity index (χ3n) is 3.33. The van der Waals surface area contributed by atoms with Gasteiger partial charge in [-0.2, -0.15) is 0 Å². The summed E-state index contributed by atoms with van der Waals surface area (Å²) < 4.78 is 5.24. The second-order valence-electron chi connectivity index (χ2n) is 4.72. The number of hydrogen-bond acceptors (Lipinski definition) is 5. The maximum absolute atomic E-state index is 12.0. The number of carbonyl (C=O) groups is 1. The van der Waals surface area contributed by atoms with Crippen molar-refractivity contribution in [2.45, 2.75) is 26.3 Å². The molecule has 1 unspecified atom stereocenters. The fraction of sp³-hybridized carbons (Fsp3) is 0.692. The lowest BCUT2D eigenvalue weighted by molar-refractivity contribution is -0.135. The van der Waals surface area contributed by atoms with E-state index in [1.54, 1.807) is 11.3 Å². The fourth-order valence-electron chi connectivity index (χ4n) is 2.19. The Kier molecular flexibility index (Phi) is 5.30. The third-order valence-corrected chi connectivity index (χ3v) is 4.44. The molecule has 1 N–H and O–H groups in total. The van der Waals surface area contributed by atoms with Crippen molar-refractivity contribution in [3.63, 3.8) is 0 Å². The molecule has 2 rings (SSSR count). The predicted molar refractivity (Wildman–Crippen MR) is 75.3 cm³/mol. The van der Waals surface area contributed by atoms with Crippen LogP contribution in [-0.2, 0) is 9.53 Å². The molecule has 2 heterocycles. The molecule has 0 radical (unpaired) electrons. The van der Waals surface area contributed by atoms with Crippen molar-refractivity contribution >= 4 is 17.2 Å². The number of morpholine rings is 1. The number of aryl methyl sites for hydroxylation is 1. The van der Waals surface area contributed by atoms with Crippen molar-refractivity contribution in [3.05, 3.63) is 16.1 Å². The number of thiazole rings is 1. The van der Waals surface area contributed by atoms with Gasteiger partial charge < -0.3 is 15.0 Å². The fourth-order valence-corrected chi connectivity index (χ4v) is 3.02. The first kappa shape index (κ1) is 14.4. The zero-order valence-electron chi connectivity index (χ0n) is 11.5. The number of hydrogen-bond donors (Lipinski definition) is 1. The largest absolute Gasteiger partial charge is 0.378 e. The second kappa shape index (κ2) is 6.98. The normalized spacial score (nSPS) is 17.5. The van der Waals surface area contributed by atoms with Crippen LogP contribution in [-0.4, -0.2) is 48.6 Å². The summed E-state index contributed by atoms with van der Waals surface area (Å²) in [5.41, 5.74) is 2.94. The van der Waals surface area contributed by atoms with Gasteiger partial charge in [-0.1, -0.05) is 0 Å². The van der Waals surface area contributed by atoms with Crippen LogP contribution in [0.15, 0.2) is 5.51 Å². The molecule has 1 aromatic heterocycles. The van der Waals surface area contributed by atoms with Crippen molar-refractivity contribution in [1.29, 1.82) is 0 Å². The van der Waals surface area contributed by atoms with Gasteiger partial charge in [-0.05, 0) is 13.8 Å². The third kappa shape index (κ3) is 3.99. The van der Waals surface area contributed by atoms with Crippen LogP contribution in [0.4, 0.5) is 0 Å². The van der Waals surface area contributed by atoms with E-state index in [2.05, 4.69) is 17.2 Å². The molecule has 1 aromatic rings. The van der Waals surface area contributed by atoms with Gasteiger partial charge in [0.15, 0.2) is 0 Å². The van der Waals surface area contributed by atoms with Gasteiger partial charge in [0.05, 0.1) is 24.4 Å². The molecule has 1 atom stereocenters.